The van der Waals surface area contributed by atoms with Crippen LogP contribution in [0.5, 0.6) is 0 Å². The monoisotopic (exact) mass is 324 g/mol. The van der Waals surface area contributed by atoms with Gasteiger partial charge in [0.15, 0.2) is 5.69 Å². The predicted octanol–water partition coefficient (Wildman–Crippen LogP) is 1.90. The molecule has 0 fully saturated rings. The van der Waals surface area contributed by atoms with Crippen LogP contribution in [0.1, 0.15) is 35.4 Å². The van der Waals surface area contributed by atoms with Gasteiger partial charge in [-0.2, -0.15) is 0 Å². The number of amides is 1. The zero-order valence-electron chi connectivity index (χ0n) is 13.5. The van der Waals surface area contributed by atoms with Crippen LogP contribution in [0.3, 0.4) is 0 Å². The van der Waals surface area contributed by atoms with E-state index in [1.807, 2.05) is 48.0 Å². The third-order valence-electron chi connectivity index (χ3n) is 3.86. The molecule has 0 unspecified atom stereocenters. The van der Waals surface area contributed by atoms with Gasteiger partial charge >= 0.3 is 0 Å². The maximum Gasteiger partial charge on any atom is 0.273 e. The van der Waals surface area contributed by atoms with Gasteiger partial charge in [-0.05, 0) is 18.9 Å². The Hall–Kier alpha value is -2.96. The second kappa shape index (κ2) is 7.54. The summed E-state index contributed by atoms with van der Waals surface area (Å²) in [7, 11) is 0. The van der Waals surface area contributed by atoms with Crippen LogP contribution in [0.15, 0.2) is 55.2 Å². The van der Waals surface area contributed by atoms with Crippen molar-refractivity contribution in [2.75, 3.05) is 6.54 Å². The maximum atomic E-state index is 12.1. The Labute approximate surface area is 140 Å². The van der Waals surface area contributed by atoms with Gasteiger partial charge in [0.2, 0.25) is 0 Å². The van der Waals surface area contributed by atoms with Crippen LogP contribution in [-0.4, -0.2) is 37.0 Å². The largest absolute Gasteiger partial charge is 0.351 e. The molecule has 2 aromatic heterocycles. The van der Waals surface area contributed by atoms with E-state index in [9.17, 15) is 4.79 Å². The van der Waals surface area contributed by atoms with Crippen LogP contribution in [0.2, 0.25) is 0 Å². The first-order chi connectivity index (χ1) is 11.7. The molecule has 0 spiro atoms. The number of aryl methyl sites for hydroxylation is 1. The summed E-state index contributed by atoms with van der Waals surface area (Å²) in [4.78, 5) is 16.1. The van der Waals surface area contributed by atoms with Crippen molar-refractivity contribution in [2.45, 2.75) is 25.9 Å². The number of nitrogens with zero attached hydrogens (tertiary/aromatic N) is 5. The van der Waals surface area contributed by atoms with Crippen LogP contribution >= 0.6 is 0 Å². The minimum Gasteiger partial charge on any atom is -0.351 e. The fourth-order valence-electron chi connectivity index (χ4n) is 2.43. The van der Waals surface area contributed by atoms with E-state index >= 15 is 0 Å². The lowest BCUT2D eigenvalue weighted by Crippen LogP contribution is -2.25. The molecule has 24 heavy (non-hydrogen) atoms. The number of hydrogen-bond acceptors (Lipinski definition) is 4. The van der Waals surface area contributed by atoms with Crippen molar-refractivity contribution < 1.29 is 4.79 Å². The molecule has 7 nitrogen and oxygen atoms in total. The van der Waals surface area contributed by atoms with Crippen LogP contribution in [0.4, 0.5) is 0 Å². The van der Waals surface area contributed by atoms with Crippen molar-refractivity contribution >= 4 is 5.91 Å². The van der Waals surface area contributed by atoms with Crippen molar-refractivity contribution in [3.05, 3.63) is 66.5 Å². The van der Waals surface area contributed by atoms with Gasteiger partial charge in [-0.15, -0.1) is 5.10 Å². The Bertz CT molecular complexity index is 766. The number of hydrogen-bond donors (Lipinski definition) is 1. The molecule has 1 atom stereocenters. The van der Waals surface area contributed by atoms with E-state index < -0.39 is 0 Å². The van der Waals surface area contributed by atoms with Gasteiger partial charge in [-0.3, -0.25) is 4.79 Å². The molecule has 3 rings (SSSR count). The summed E-state index contributed by atoms with van der Waals surface area (Å²) in [5.74, 6) is -0.202. The minimum absolute atomic E-state index is 0.0292. The molecular weight excluding hydrogens is 304 g/mol. The van der Waals surface area contributed by atoms with Crippen molar-refractivity contribution in [3.8, 4) is 0 Å². The molecule has 0 bridgehead atoms. The van der Waals surface area contributed by atoms with E-state index in [1.54, 1.807) is 23.4 Å². The van der Waals surface area contributed by atoms with E-state index in [-0.39, 0.29) is 11.9 Å². The smallest absolute Gasteiger partial charge is 0.273 e. The average Bonchev–Trinajstić information content (AvgIpc) is 3.30. The molecule has 1 N–H and O–H groups in total. The lowest BCUT2D eigenvalue weighted by molar-refractivity contribution is 0.0947. The Morgan fingerprint density at radius 2 is 2.12 bits per heavy atom. The molecule has 0 aliphatic carbocycles. The van der Waals surface area contributed by atoms with Gasteiger partial charge in [0.25, 0.3) is 5.91 Å². The summed E-state index contributed by atoms with van der Waals surface area (Å²) in [6, 6.07) is 10.0. The van der Waals surface area contributed by atoms with Gasteiger partial charge in [0.1, 0.15) is 0 Å². The predicted molar refractivity (Wildman–Crippen MR) is 89.5 cm³/mol. The molecule has 0 saturated heterocycles. The normalized spacial score (nSPS) is 12.0. The van der Waals surface area contributed by atoms with Crippen LogP contribution in [0.25, 0.3) is 0 Å². The molecule has 7 heteroatoms. The molecule has 0 aliphatic rings. The summed E-state index contributed by atoms with van der Waals surface area (Å²) in [6.07, 6.45) is 7.92. The molecule has 1 aromatic carbocycles. The number of imidazole rings is 1. The van der Waals surface area contributed by atoms with Gasteiger partial charge in [-0.25, -0.2) is 9.67 Å². The van der Waals surface area contributed by atoms with Crippen LogP contribution in [-0.2, 0) is 6.54 Å². The fourth-order valence-corrected chi connectivity index (χ4v) is 2.43. The Kier molecular flexibility index (Phi) is 5.00. The second-order valence-electron chi connectivity index (χ2n) is 5.58. The van der Waals surface area contributed by atoms with Gasteiger partial charge in [0.05, 0.1) is 18.6 Å². The van der Waals surface area contributed by atoms with E-state index in [0.29, 0.717) is 12.2 Å². The van der Waals surface area contributed by atoms with Crippen LogP contribution < -0.4 is 5.32 Å². The fraction of sp³-hybridized carbons (Fsp3) is 0.294. The minimum atomic E-state index is -0.202. The Morgan fingerprint density at radius 1 is 1.29 bits per heavy atom. The molecular formula is C17H20N6O. The summed E-state index contributed by atoms with van der Waals surface area (Å²) in [5, 5.41) is 10.9. The molecule has 0 aliphatic heterocycles. The highest BCUT2D eigenvalue weighted by molar-refractivity contribution is 5.91. The summed E-state index contributed by atoms with van der Waals surface area (Å²) >= 11 is 0. The highest BCUT2D eigenvalue weighted by Gasteiger charge is 2.14. The molecule has 0 radical (unpaired) electrons. The Morgan fingerprint density at radius 3 is 2.88 bits per heavy atom. The topological polar surface area (TPSA) is 77.6 Å². The molecule has 3 aromatic rings. The second-order valence-corrected chi connectivity index (χ2v) is 5.58. The third-order valence-corrected chi connectivity index (χ3v) is 3.86. The standard InChI is InChI=1S/C17H20N6O/c1-14(15-6-3-2-4-7-15)23-12-16(20-21-23)17(24)19-8-5-10-22-11-9-18-13-22/h2-4,6-7,9,11-14H,5,8,10H2,1H3,(H,19,24)/t14-/m1/s1. The summed E-state index contributed by atoms with van der Waals surface area (Å²) < 4.78 is 3.68. The number of carbonyl (C=O) groups is 1. The van der Waals surface area contributed by atoms with Crippen molar-refractivity contribution in [1.82, 2.24) is 29.9 Å². The van der Waals surface area contributed by atoms with E-state index in [0.717, 1.165) is 18.5 Å². The molecule has 124 valence electrons. The van der Waals surface area contributed by atoms with Crippen molar-refractivity contribution in [3.63, 3.8) is 0 Å². The number of aromatic nitrogens is 5. The quantitative estimate of drug-likeness (QED) is 0.673. The number of rotatable bonds is 7. The maximum absolute atomic E-state index is 12.1. The lowest BCUT2D eigenvalue weighted by atomic mass is 10.1. The van der Waals surface area contributed by atoms with Gasteiger partial charge in [0, 0.05) is 25.5 Å². The average molecular weight is 324 g/mol. The number of nitrogens with one attached hydrogen (secondary N) is 1. The third kappa shape index (κ3) is 3.87. The highest BCUT2D eigenvalue weighted by atomic mass is 16.2. The van der Waals surface area contributed by atoms with E-state index in [4.69, 9.17) is 0 Å². The summed E-state index contributed by atoms with van der Waals surface area (Å²) in [5.41, 5.74) is 1.45. The van der Waals surface area contributed by atoms with Gasteiger partial charge in [-0.1, -0.05) is 35.5 Å². The molecule has 1 amide bonds. The molecule has 2 heterocycles. The summed E-state index contributed by atoms with van der Waals surface area (Å²) in [6.45, 7) is 3.42. The number of carbonyl (C=O) groups excluding carboxylic acids is 1. The first kappa shape index (κ1) is 15.9. The Balaban J connectivity index is 1.52. The first-order valence-corrected chi connectivity index (χ1v) is 7.95. The number of benzene rings is 1. The zero-order valence-corrected chi connectivity index (χ0v) is 13.5. The van der Waals surface area contributed by atoms with Crippen LogP contribution in [0, 0.1) is 0 Å². The van der Waals surface area contributed by atoms with Gasteiger partial charge < -0.3 is 9.88 Å². The molecule has 0 saturated carbocycles. The van der Waals surface area contributed by atoms with E-state index in [1.165, 1.54) is 0 Å². The first-order valence-electron chi connectivity index (χ1n) is 7.95. The van der Waals surface area contributed by atoms with E-state index in [2.05, 4.69) is 20.6 Å². The van der Waals surface area contributed by atoms with Crippen molar-refractivity contribution in [1.29, 1.82) is 0 Å². The SMILES string of the molecule is C[C@H](c1ccccc1)n1cc(C(=O)NCCCn2ccnc2)nn1. The highest BCUT2D eigenvalue weighted by Crippen LogP contribution is 2.16. The lowest BCUT2D eigenvalue weighted by Gasteiger charge is -2.10. The van der Waals surface area contributed by atoms with Crippen molar-refractivity contribution in [2.24, 2.45) is 0 Å². The zero-order chi connectivity index (χ0) is 16.8.